The quantitative estimate of drug-likeness (QED) is 0.0452. The van der Waals surface area contributed by atoms with Gasteiger partial charge in [-0.3, -0.25) is 19.4 Å². The molecule has 3 aromatic rings. The average molecular weight is 641 g/mol. The van der Waals surface area contributed by atoms with Crippen molar-refractivity contribution >= 4 is 40.5 Å². The first-order valence-electron chi connectivity index (χ1n) is 14.4. The van der Waals surface area contributed by atoms with E-state index in [9.17, 15) is 24.3 Å². The Bertz CT molecular complexity index is 1560. The van der Waals surface area contributed by atoms with Crippen LogP contribution in [0.3, 0.4) is 0 Å². The van der Waals surface area contributed by atoms with Gasteiger partial charge in [0.15, 0.2) is 11.2 Å². The molecule has 0 aliphatic rings. The predicted molar refractivity (Wildman–Crippen MR) is 165 cm³/mol. The number of ketones is 1. The van der Waals surface area contributed by atoms with Crippen molar-refractivity contribution in [3.63, 3.8) is 0 Å². The molecule has 1 aromatic carbocycles. The molecule has 1 amide bonds. The number of fused-ring (bicyclic) bond motifs is 1. The zero-order valence-corrected chi connectivity index (χ0v) is 25.0. The molecular formula is C28H36N10O8. The Morgan fingerprint density at radius 3 is 2.41 bits per heavy atom. The van der Waals surface area contributed by atoms with Crippen molar-refractivity contribution < 1.29 is 33.7 Å². The number of carbonyl (C=O) groups is 3. The Hall–Kier alpha value is -5.16. The van der Waals surface area contributed by atoms with Gasteiger partial charge in [-0.25, -0.2) is 14.8 Å². The monoisotopic (exact) mass is 640 g/mol. The number of Topliss-reactive ketones (excluding diaryl/α,β-unsaturated/α-hetero) is 1. The Kier molecular flexibility index (Phi) is 14.8. The molecule has 0 radical (unpaired) electrons. The molecule has 2 heterocycles. The number of amides is 1. The molecule has 0 aliphatic heterocycles. The largest absolute Gasteiger partial charge is 0.480 e. The lowest BCUT2D eigenvalue weighted by molar-refractivity contribution is -0.139. The minimum atomic E-state index is -1.24. The summed E-state index contributed by atoms with van der Waals surface area (Å²) in [7, 11) is 0. The molecule has 18 nitrogen and oxygen atoms in total. The molecule has 3 rings (SSSR count). The van der Waals surface area contributed by atoms with Crippen LogP contribution in [-0.2, 0) is 30.3 Å². The molecule has 0 spiro atoms. The number of nitrogens with zero attached hydrogens (tertiary/aromatic N) is 6. The van der Waals surface area contributed by atoms with E-state index in [1.54, 1.807) is 12.1 Å². The third-order valence-corrected chi connectivity index (χ3v) is 6.31. The van der Waals surface area contributed by atoms with Gasteiger partial charge in [-0.05, 0) is 42.6 Å². The number of aromatic amines is 1. The first-order chi connectivity index (χ1) is 22.3. The summed E-state index contributed by atoms with van der Waals surface area (Å²) < 4.78 is 16.0. The SMILES string of the molecule is [N-]=[N+]=NCCOCCOCCOCCCC(=O)CC[C@H](NC(=O)c1ccc(NCc2cnc3nc(N)[nH]c(=O)c3n2)cc1)C(=O)O. The fourth-order valence-electron chi connectivity index (χ4n) is 3.98. The Balaban J connectivity index is 1.32. The highest BCUT2D eigenvalue weighted by Crippen LogP contribution is 2.13. The number of aliphatic carboxylic acids is 1. The van der Waals surface area contributed by atoms with E-state index in [4.69, 9.17) is 25.5 Å². The van der Waals surface area contributed by atoms with E-state index < -0.39 is 23.5 Å². The Morgan fingerprint density at radius 2 is 1.72 bits per heavy atom. The topological polar surface area (TPSA) is 270 Å². The van der Waals surface area contributed by atoms with Crippen LogP contribution in [-0.4, -0.2) is 94.9 Å². The lowest BCUT2D eigenvalue weighted by Crippen LogP contribution is -2.41. The second-order valence-electron chi connectivity index (χ2n) is 9.75. The van der Waals surface area contributed by atoms with Crippen LogP contribution in [0.4, 0.5) is 11.6 Å². The highest BCUT2D eigenvalue weighted by molar-refractivity contribution is 5.97. The standard InChI is InChI=1S/C28H36N10O8/c29-28-36-24-23(26(41)37-28)34-20(17-32-24)16-31-19-5-3-18(4-6-19)25(40)35-22(27(42)43)8-7-21(39)2-1-10-44-12-14-46-15-13-45-11-9-33-38-30/h3-6,17,22,31H,1-2,7-16H2,(H,35,40)(H,42,43)(H3,29,32,36,37,41)/t22-/m0/s1. The molecule has 2 aromatic heterocycles. The minimum Gasteiger partial charge on any atom is -0.480 e. The summed E-state index contributed by atoms with van der Waals surface area (Å²) >= 11 is 0. The maximum absolute atomic E-state index is 12.7. The average Bonchev–Trinajstić information content (AvgIpc) is 3.04. The second kappa shape index (κ2) is 19.3. The van der Waals surface area contributed by atoms with Crippen molar-refractivity contribution in [2.75, 3.05) is 57.2 Å². The molecule has 6 N–H and O–H groups in total. The van der Waals surface area contributed by atoms with Crippen molar-refractivity contribution in [2.45, 2.75) is 38.3 Å². The van der Waals surface area contributed by atoms with E-state index >= 15 is 0 Å². The Labute approximate surface area is 262 Å². The van der Waals surface area contributed by atoms with E-state index in [0.717, 1.165) is 0 Å². The number of nitrogens with one attached hydrogen (secondary N) is 3. The number of nitrogens with two attached hydrogens (primary N) is 1. The van der Waals surface area contributed by atoms with Crippen molar-refractivity contribution in [1.29, 1.82) is 0 Å². The molecular weight excluding hydrogens is 604 g/mol. The molecule has 46 heavy (non-hydrogen) atoms. The lowest BCUT2D eigenvalue weighted by atomic mass is 10.1. The summed E-state index contributed by atoms with van der Waals surface area (Å²) in [5.41, 5.74) is 14.7. The van der Waals surface area contributed by atoms with Crippen LogP contribution in [0, 0.1) is 0 Å². The van der Waals surface area contributed by atoms with Crippen LogP contribution >= 0.6 is 0 Å². The van der Waals surface area contributed by atoms with Crippen molar-refractivity contribution in [3.8, 4) is 0 Å². The van der Waals surface area contributed by atoms with Gasteiger partial charge in [-0.2, -0.15) is 4.98 Å². The van der Waals surface area contributed by atoms with E-state index in [-0.39, 0.29) is 60.8 Å². The number of aromatic nitrogens is 4. The third kappa shape index (κ3) is 12.4. The molecule has 0 bridgehead atoms. The van der Waals surface area contributed by atoms with Crippen LogP contribution in [0.5, 0.6) is 0 Å². The van der Waals surface area contributed by atoms with Crippen molar-refractivity contribution in [1.82, 2.24) is 25.3 Å². The number of carboxylic acid groups (broad SMARTS) is 1. The molecule has 0 saturated carbocycles. The molecule has 18 heteroatoms. The van der Waals surface area contributed by atoms with Crippen LogP contribution in [0.15, 0.2) is 40.4 Å². The number of hydrogen-bond donors (Lipinski definition) is 5. The number of carboxylic acids is 1. The van der Waals surface area contributed by atoms with Crippen molar-refractivity contribution in [3.05, 3.63) is 62.5 Å². The normalized spacial score (nSPS) is 11.5. The molecule has 246 valence electrons. The summed E-state index contributed by atoms with van der Waals surface area (Å²) in [6.07, 6.45) is 2.11. The zero-order chi connectivity index (χ0) is 33.1. The Morgan fingerprint density at radius 1 is 1.02 bits per heavy atom. The summed E-state index contributed by atoms with van der Waals surface area (Å²) in [6, 6.07) is 5.09. The third-order valence-electron chi connectivity index (χ3n) is 6.31. The molecule has 0 fully saturated rings. The first-order valence-corrected chi connectivity index (χ1v) is 14.4. The van der Waals surface area contributed by atoms with Crippen LogP contribution in [0.1, 0.15) is 41.7 Å². The van der Waals surface area contributed by atoms with Gasteiger partial charge in [0, 0.05) is 42.2 Å². The number of ether oxygens (including phenoxy) is 3. The van der Waals surface area contributed by atoms with Crippen molar-refractivity contribution in [2.24, 2.45) is 5.11 Å². The van der Waals surface area contributed by atoms with Gasteiger partial charge in [0.25, 0.3) is 11.5 Å². The van der Waals surface area contributed by atoms with Gasteiger partial charge in [0.05, 0.1) is 51.5 Å². The lowest BCUT2D eigenvalue weighted by Gasteiger charge is -2.14. The van der Waals surface area contributed by atoms with Crippen LogP contribution in [0.25, 0.3) is 21.6 Å². The van der Waals surface area contributed by atoms with Gasteiger partial charge in [-0.15, -0.1) is 0 Å². The number of anilines is 2. The number of azide groups is 1. The number of nitrogen functional groups attached to an aromatic ring is 1. The molecule has 0 unspecified atom stereocenters. The second-order valence-corrected chi connectivity index (χ2v) is 9.75. The number of hydrogen-bond acceptors (Lipinski definition) is 13. The fourth-order valence-corrected chi connectivity index (χ4v) is 3.98. The van der Waals surface area contributed by atoms with Gasteiger partial charge in [-0.1, -0.05) is 5.11 Å². The number of H-pyrrole nitrogens is 1. The first kappa shape index (κ1) is 35.3. The molecule has 1 atom stereocenters. The van der Waals surface area contributed by atoms with Gasteiger partial charge in [0.1, 0.15) is 11.8 Å². The summed E-state index contributed by atoms with van der Waals surface area (Å²) in [5, 5.41) is 18.5. The molecule has 0 aliphatic carbocycles. The number of rotatable bonds is 22. The smallest absolute Gasteiger partial charge is 0.326 e. The number of benzene rings is 1. The van der Waals surface area contributed by atoms with Crippen LogP contribution in [0.2, 0.25) is 0 Å². The summed E-state index contributed by atoms with van der Waals surface area (Å²) in [5.74, 6) is -2.01. The fraction of sp³-hybridized carbons (Fsp3) is 0.464. The van der Waals surface area contributed by atoms with Crippen LogP contribution < -0.4 is 21.9 Å². The minimum absolute atomic E-state index is 0.00409. The summed E-state index contributed by atoms with van der Waals surface area (Å²) in [6.45, 7) is 2.66. The number of carbonyl (C=O) groups excluding carboxylic acids is 2. The van der Waals surface area contributed by atoms with Gasteiger partial charge in [0.2, 0.25) is 5.95 Å². The maximum atomic E-state index is 12.7. The highest BCUT2D eigenvalue weighted by Gasteiger charge is 2.21. The van der Waals surface area contributed by atoms with E-state index in [1.807, 2.05) is 0 Å². The van der Waals surface area contributed by atoms with E-state index in [1.165, 1.54) is 18.3 Å². The highest BCUT2D eigenvalue weighted by atomic mass is 16.5. The van der Waals surface area contributed by atoms with Gasteiger partial charge >= 0.3 is 5.97 Å². The van der Waals surface area contributed by atoms with E-state index in [0.29, 0.717) is 57.4 Å². The maximum Gasteiger partial charge on any atom is 0.326 e. The molecule has 0 saturated heterocycles. The zero-order valence-electron chi connectivity index (χ0n) is 25.0. The van der Waals surface area contributed by atoms with E-state index in [2.05, 4.69) is 40.6 Å². The summed E-state index contributed by atoms with van der Waals surface area (Å²) in [4.78, 5) is 66.0. The predicted octanol–water partition coefficient (Wildman–Crippen LogP) is 1.58. The van der Waals surface area contributed by atoms with Gasteiger partial charge < -0.3 is 35.7 Å².